The van der Waals surface area contributed by atoms with Gasteiger partial charge in [0.1, 0.15) is 5.78 Å². The first kappa shape index (κ1) is 11.9. The Labute approximate surface area is 91.3 Å². The minimum atomic E-state index is -0.0160. The Bertz CT molecular complexity index is 306. The van der Waals surface area contributed by atoms with Crippen LogP contribution in [-0.4, -0.2) is 11.9 Å². The van der Waals surface area contributed by atoms with Crippen molar-refractivity contribution < 1.29 is 9.53 Å². The molecule has 0 radical (unpaired) electrons. The molecule has 0 heterocycles. The van der Waals surface area contributed by atoms with Crippen LogP contribution in [0.3, 0.4) is 0 Å². The Balaban J connectivity index is 2.49. The summed E-state index contributed by atoms with van der Waals surface area (Å²) < 4.78 is 5.73. The highest BCUT2D eigenvalue weighted by molar-refractivity contribution is 5.75. The molecule has 0 aliphatic carbocycles. The molecule has 0 aromatic heterocycles. The van der Waals surface area contributed by atoms with Gasteiger partial charge >= 0.3 is 0 Å². The topological polar surface area (TPSA) is 26.3 Å². The molecule has 2 atom stereocenters. The van der Waals surface area contributed by atoms with Gasteiger partial charge in [-0.15, -0.1) is 0 Å². The number of benzene rings is 1. The largest absolute Gasteiger partial charge is 0.370 e. The van der Waals surface area contributed by atoms with Gasteiger partial charge in [0.25, 0.3) is 0 Å². The zero-order chi connectivity index (χ0) is 11.3. The van der Waals surface area contributed by atoms with Gasteiger partial charge in [-0.1, -0.05) is 30.3 Å². The van der Waals surface area contributed by atoms with E-state index >= 15 is 0 Å². The highest BCUT2D eigenvalue weighted by atomic mass is 16.5. The third kappa shape index (κ3) is 4.26. The first-order valence-corrected chi connectivity index (χ1v) is 5.29. The van der Waals surface area contributed by atoms with Crippen molar-refractivity contribution in [2.24, 2.45) is 0 Å². The van der Waals surface area contributed by atoms with Crippen LogP contribution in [0, 0.1) is 0 Å². The molecular formula is C13H18O2. The van der Waals surface area contributed by atoms with E-state index < -0.39 is 0 Å². The Kier molecular flexibility index (Phi) is 4.50. The van der Waals surface area contributed by atoms with Crippen LogP contribution in [0.4, 0.5) is 0 Å². The Morgan fingerprint density at radius 2 is 1.87 bits per heavy atom. The van der Waals surface area contributed by atoms with Crippen molar-refractivity contribution in [1.29, 1.82) is 0 Å². The molecule has 1 aromatic rings. The maximum absolute atomic E-state index is 10.9. The summed E-state index contributed by atoms with van der Waals surface area (Å²) in [6.07, 6.45) is 0.509. The lowest BCUT2D eigenvalue weighted by molar-refractivity contribution is -0.120. The number of carbonyl (C=O) groups excluding carboxylic acids is 1. The van der Waals surface area contributed by atoms with Crippen molar-refractivity contribution in [2.75, 3.05) is 0 Å². The number of rotatable bonds is 5. The van der Waals surface area contributed by atoms with E-state index in [1.807, 2.05) is 44.2 Å². The molecule has 0 unspecified atom stereocenters. The maximum atomic E-state index is 10.9. The molecule has 0 amide bonds. The monoisotopic (exact) mass is 206 g/mol. The lowest BCUT2D eigenvalue weighted by Crippen LogP contribution is -2.14. The van der Waals surface area contributed by atoms with Gasteiger partial charge in [0.05, 0.1) is 12.2 Å². The zero-order valence-corrected chi connectivity index (χ0v) is 9.57. The van der Waals surface area contributed by atoms with E-state index in [0.29, 0.717) is 6.42 Å². The van der Waals surface area contributed by atoms with Crippen LogP contribution in [0.15, 0.2) is 30.3 Å². The summed E-state index contributed by atoms with van der Waals surface area (Å²) in [5.41, 5.74) is 1.15. The minimum absolute atomic E-state index is 0.0160. The molecule has 0 N–H and O–H groups in total. The fraction of sp³-hybridized carbons (Fsp3) is 0.462. The van der Waals surface area contributed by atoms with Crippen molar-refractivity contribution in [1.82, 2.24) is 0 Å². The molecule has 0 saturated carbocycles. The molecule has 2 nitrogen and oxygen atoms in total. The summed E-state index contributed by atoms with van der Waals surface area (Å²) in [6, 6.07) is 10.0. The third-order valence-corrected chi connectivity index (χ3v) is 2.28. The van der Waals surface area contributed by atoms with Crippen LogP contribution in [0.2, 0.25) is 0 Å². The van der Waals surface area contributed by atoms with E-state index in [9.17, 15) is 4.79 Å². The van der Waals surface area contributed by atoms with Gasteiger partial charge < -0.3 is 4.74 Å². The first-order valence-electron chi connectivity index (χ1n) is 5.29. The van der Waals surface area contributed by atoms with Crippen LogP contribution in [-0.2, 0) is 9.53 Å². The second-order valence-electron chi connectivity index (χ2n) is 3.91. The van der Waals surface area contributed by atoms with Crippen LogP contribution in [0.25, 0.3) is 0 Å². The van der Waals surface area contributed by atoms with Crippen molar-refractivity contribution in [2.45, 2.75) is 39.4 Å². The van der Waals surface area contributed by atoms with E-state index in [1.165, 1.54) is 0 Å². The summed E-state index contributed by atoms with van der Waals surface area (Å²) in [7, 11) is 0. The van der Waals surface area contributed by atoms with Gasteiger partial charge in [-0.25, -0.2) is 0 Å². The lowest BCUT2D eigenvalue weighted by Gasteiger charge is -2.18. The molecule has 1 aromatic carbocycles. The van der Waals surface area contributed by atoms with Crippen LogP contribution in [0.1, 0.15) is 38.9 Å². The standard InChI is InChI=1S/C13H18O2/c1-10(14)9-11(2)15-12(3)13-7-5-4-6-8-13/h4-8,11-12H,9H2,1-3H3/t11-,12+/m1/s1. The molecule has 82 valence electrons. The number of hydrogen-bond acceptors (Lipinski definition) is 2. The second kappa shape index (κ2) is 5.66. The molecule has 0 saturated heterocycles. The van der Waals surface area contributed by atoms with E-state index in [0.717, 1.165) is 5.56 Å². The Morgan fingerprint density at radius 3 is 2.40 bits per heavy atom. The SMILES string of the molecule is CC(=O)C[C@@H](C)O[C@@H](C)c1ccccc1. The minimum Gasteiger partial charge on any atom is -0.370 e. The molecule has 0 aliphatic heterocycles. The number of ether oxygens (including phenoxy) is 1. The predicted octanol–water partition coefficient (Wildman–Crippen LogP) is 3.13. The molecule has 0 aliphatic rings. The van der Waals surface area contributed by atoms with Crippen LogP contribution < -0.4 is 0 Å². The van der Waals surface area contributed by atoms with Crippen molar-refractivity contribution in [3.05, 3.63) is 35.9 Å². The fourth-order valence-electron chi connectivity index (χ4n) is 1.60. The van der Waals surface area contributed by atoms with Gasteiger partial charge in [-0.2, -0.15) is 0 Å². The van der Waals surface area contributed by atoms with Gasteiger partial charge in [0, 0.05) is 6.42 Å². The van der Waals surface area contributed by atoms with Gasteiger partial charge in [-0.05, 0) is 26.3 Å². The molecule has 15 heavy (non-hydrogen) atoms. The number of ketones is 1. The Hall–Kier alpha value is -1.15. The van der Waals surface area contributed by atoms with Gasteiger partial charge in [0.15, 0.2) is 0 Å². The average Bonchev–Trinajstić information content (AvgIpc) is 2.17. The molecule has 1 rings (SSSR count). The van der Waals surface area contributed by atoms with E-state index in [-0.39, 0.29) is 18.0 Å². The maximum Gasteiger partial charge on any atom is 0.132 e. The fourth-order valence-corrected chi connectivity index (χ4v) is 1.60. The Morgan fingerprint density at radius 1 is 1.27 bits per heavy atom. The average molecular weight is 206 g/mol. The zero-order valence-electron chi connectivity index (χ0n) is 9.57. The summed E-state index contributed by atoms with van der Waals surface area (Å²) >= 11 is 0. The normalized spacial score (nSPS) is 14.6. The first-order chi connectivity index (χ1) is 7.09. The van der Waals surface area contributed by atoms with Gasteiger partial charge in [-0.3, -0.25) is 4.79 Å². The third-order valence-electron chi connectivity index (χ3n) is 2.28. The van der Waals surface area contributed by atoms with Crippen LogP contribution >= 0.6 is 0 Å². The summed E-state index contributed by atoms with van der Waals surface area (Å²) in [4.78, 5) is 10.9. The lowest BCUT2D eigenvalue weighted by atomic mass is 10.1. The number of carbonyl (C=O) groups is 1. The van der Waals surface area contributed by atoms with E-state index in [1.54, 1.807) is 6.92 Å². The van der Waals surface area contributed by atoms with E-state index in [4.69, 9.17) is 4.74 Å². The summed E-state index contributed by atoms with van der Waals surface area (Å²) in [5.74, 6) is 0.169. The number of hydrogen-bond donors (Lipinski definition) is 0. The van der Waals surface area contributed by atoms with E-state index in [2.05, 4.69) is 0 Å². The second-order valence-corrected chi connectivity index (χ2v) is 3.91. The molecule has 0 spiro atoms. The highest BCUT2D eigenvalue weighted by Gasteiger charge is 2.11. The summed E-state index contributed by atoms with van der Waals surface area (Å²) in [5, 5.41) is 0. The van der Waals surface area contributed by atoms with Crippen molar-refractivity contribution in [3.8, 4) is 0 Å². The van der Waals surface area contributed by atoms with Crippen molar-refractivity contribution >= 4 is 5.78 Å². The molecule has 0 fully saturated rings. The highest BCUT2D eigenvalue weighted by Crippen LogP contribution is 2.18. The quantitative estimate of drug-likeness (QED) is 0.739. The predicted molar refractivity (Wildman–Crippen MR) is 60.7 cm³/mol. The number of Topliss-reactive ketones (excluding diaryl/α,β-unsaturated/α-hetero) is 1. The molecule has 2 heteroatoms. The smallest absolute Gasteiger partial charge is 0.132 e. The molecular weight excluding hydrogens is 188 g/mol. The van der Waals surface area contributed by atoms with Crippen LogP contribution in [0.5, 0.6) is 0 Å². The molecule has 0 bridgehead atoms. The van der Waals surface area contributed by atoms with Crippen molar-refractivity contribution in [3.63, 3.8) is 0 Å². The van der Waals surface area contributed by atoms with Gasteiger partial charge in [0.2, 0.25) is 0 Å². The summed E-state index contributed by atoms with van der Waals surface area (Å²) in [6.45, 7) is 5.53.